The molecule has 20 heavy (non-hydrogen) atoms. The zero-order valence-corrected chi connectivity index (χ0v) is 11.3. The molecule has 1 fully saturated rings. The fraction of sp³-hybridized carbons (Fsp3) is 0.615. The lowest BCUT2D eigenvalue weighted by atomic mass is 9.94. The molecule has 2 heterocycles. The minimum Gasteiger partial charge on any atom is -0.395 e. The third kappa shape index (κ3) is 2.40. The summed E-state index contributed by atoms with van der Waals surface area (Å²) < 4.78 is 1.27. The van der Waals surface area contributed by atoms with Crippen LogP contribution in [0.25, 0.3) is 5.65 Å². The van der Waals surface area contributed by atoms with Gasteiger partial charge in [0.05, 0.1) is 6.61 Å². The van der Waals surface area contributed by atoms with E-state index >= 15 is 0 Å². The molecule has 0 spiro atoms. The molecule has 0 atom stereocenters. The van der Waals surface area contributed by atoms with Crippen LogP contribution in [0.1, 0.15) is 32.1 Å². The SMILES string of the molecule is O=c1[nH]nc2ccc(N(CCO)C3CCCCC3)nn12. The topological polar surface area (TPSA) is 86.5 Å². The summed E-state index contributed by atoms with van der Waals surface area (Å²) in [5, 5.41) is 19.9. The number of aromatic amines is 1. The fourth-order valence-corrected chi connectivity index (χ4v) is 2.93. The zero-order chi connectivity index (χ0) is 13.9. The molecule has 0 amide bonds. The smallest absolute Gasteiger partial charge is 0.364 e. The van der Waals surface area contributed by atoms with Crippen molar-refractivity contribution in [2.75, 3.05) is 18.1 Å². The van der Waals surface area contributed by atoms with E-state index in [4.69, 9.17) is 0 Å². The number of fused-ring (bicyclic) bond motifs is 1. The van der Waals surface area contributed by atoms with Gasteiger partial charge in [-0.25, -0.2) is 9.89 Å². The van der Waals surface area contributed by atoms with E-state index in [-0.39, 0.29) is 12.3 Å². The molecule has 2 aromatic rings. The number of nitrogens with one attached hydrogen (secondary N) is 1. The number of nitrogens with zero attached hydrogens (tertiary/aromatic N) is 4. The van der Waals surface area contributed by atoms with Gasteiger partial charge in [-0.3, -0.25) is 0 Å². The summed E-state index contributed by atoms with van der Waals surface area (Å²) in [5.41, 5.74) is 0.167. The van der Waals surface area contributed by atoms with Crippen molar-refractivity contribution in [3.05, 3.63) is 22.6 Å². The molecular formula is C13H19N5O2. The Balaban J connectivity index is 1.95. The van der Waals surface area contributed by atoms with Crippen LogP contribution in [0.5, 0.6) is 0 Å². The fourth-order valence-electron chi connectivity index (χ4n) is 2.93. The maximum absolute atomic E-state index is 11.6. The molecule has 1 saturated carbocycles. The number of aromatic nitrogens is 4. The summed E-state index contributed by atoms with van der Waals surface area (Å²) in [4.78, 5) is 13.7. The van der Waals surface area contributed by atoms with Crippen molar-refractivity contribution in [1.82, 2.24) is 19.8 Å². The number of aliphatic hydroxyl groups is 1. The second-order valence-electron chi connectivity index (χ2n) is 5.20. The van der Waals surface area contributed by atoms with Gasteiger partial charge >= 0.3 is 5.69 Å². The number of H-pyrrole nitrogens is 1. The van der Waals surface area contributed by atoms with E-state index in [1.54, 1.807) is 6.07 Å². The third-order valence-electron chi connectivity index (χ3n) is 3.91. The molecule has 1 aliphatic carbocycles. The van der Waals surface area contributed by atoms with Crippen LogP contribution in [0.2, 0.25) is 0 Å². The molecule has 2 aromatic heterocycles. The van der Waals surface area contributed by atoms with Crippen LogP contribution < -0.4 is 10.6 Å². The Bertz CT molecular complexity index is 629. The van der Waals surface area contributed by atoms with E-state index < -0.39 is 0 Å². The van der Waals surface area contributed by atoms with Gasteiger partial charge < -0.3 is 10.0 Å². The average Bonchev–Trinajstić information content (AvgIpc) is 2.87. The number of anilines is 1. The van der Waals surface area contributed by atoms with Crippen molar-refractivity contribution >= 4 is 11.5 Å². The van der Waals surface area contributed by atoms with Gasteiger partial charge in [0.25, 0.3) is 0 Å². The Morgan fingerprint density at radius 2 is 2.15 bits per heavy atom. The highest BCUT2D eigenvalue weighted by Crippen LogP contribution is 2.25. The Hall–Kier alpha value is -1.89. The van der Waals surface area contributed by atoms with Crippen LogP contribution in [0, 0.1) is 0 Å². The molecule has 0 unspecified atom stereocenters. The van der Waals surface area contributed by atoms with Gasteiger partial charge in [-0.1, -0.05) is 19.3 Å². The molecule has 108 valence electrons. The lowest BCUT2D eigenvalue weighted by Crippen LogP contribution is -2.39. The van der Waals surface area contributed by atoms with Gasteiger partial charge in [0, 0.05) is 12.6 Å². The van der Waals surface area contributed by atoms with E-state index in [0.717, 1.165) is 18.7 Å². The van der Waals surface area contributed by atoms with Crippen LogP contribution >= 0.6 is 0 Å². The van der Waals surface area contributed by atoms with Crippen LogP contribution in [0.15, 0.2) is 16.9 Å². The Labute approximate surface area is 116 Å². The molecular weight excluding hydrogens is 258 g/mol. The second-order valence-corrected chi connectivity index (χ2v) is 5.20. The minimum atomic E-state index is -0.338. The van der Waals surface area contributed by atoms with E-state index in [9.17, 15) is 9.90 Å². The number of rotatable bonds is 4. The van der Waals surface area contributed by atoms with Crippen molar-refractivity contribution in [3.63, 3.8) is 0 Å². The molecule has 0 radical (unpaired) electrons. The highest BCUT2D eigenvalue weighted by atomic mass is 16.3. The molecule has 0 aliphatic heterocycles. The quantitative estimate of drug-likeness (QED) is 0.852. The third-order valence-corrected chi connectivity index (χ3v) is 3.91. The van der Waals surface area contributed by atoms with E-state index in [1.165, 1.54) is 23.8 Å². The van der Waals surface area contributed by atoms with Crippen molar-refractivity contribution in [3.8, 4) is 0 Å². The Morgan fingerprint density at radius 3 is 2.90 bits per heavy atom. The Morgan fingerprint density at radius 1 is 1.35 bits per heavy atom. The van der Waals surface area contributed by atoms with E-state index in [0.29, 0.717) is 18.2 Å². The van der Waals surface area contributed by atoms with Gasteiger partial charge in [-0.05, 0) is 25.0 Å². The molecule has 0 aromatic carbocycles. The van der Waals surface area contributed by atoms with Crippen molar-refractivity contribution in [1.29, 1.82) is 0 Å². The first-order chi connectivity index (χ1) is 9.79. The highest BCUT2D eigenvalue weighted by Gasteiger charge is 2.22. The lowest BCUT2D eigenvalue weighted by molar-refractivity contribution is 0.289. The van der Waals surface area contributed by atoms with Gasteiger partial charge in [0.2, 0.25) is 0 Å². The maximum atomic E-state index is 11.6. The molecule has 2 N–H and O–H groups in total. The van der Waals surface area contributed by atoms with E-state index in [2.05, 4.69) is 20.2 Å². The second kappa shape index (κ2) is 5.62. The summed E-state index contributed by atoms with van der Waals surface area (Å²) in [7, 11) is 0. The molecule has 3 rings (SSSR count). The van der Waals surface area contributed by atoms with Crippen LogP contribution in [0.3, 0.4) is 0 Å². The first kappa shape index (κ1) is 13.1. The largest absolute Gasteiger partial charge is 0.395 e. The predicted octanol–water partition coefficient (Wildman–Crippen LogP) is 0.549. The van der Waals surface area contributed by atoms with Gasteiger partial charge in [0.15, 0.2) is 5.65 Å². The van der Waals surface area contributed by atoms with Crippen molar-refractivity contribution < 1.29 is 5.11 Å². The summed E-state index contributed by atoms with van der Waals surface area (Å²) in [6, 6.07) is 4.02. The molecule has 7 heteroatoms. The maximum Gasteiger partial charge on any atom is 0.364 e. The van der Waals surface area contributed by atoms with Gasteiger partial charge in [-0.2, -0.15) is 9.61 Å². The standard InChI is InChI=1S/C13H19N5O2/c19-9-8-17(10-4-2-1-3-5-10)12-7-6-11-14-15-13(20)18(11)16-12/h6-7,10,19H,1-5,8-9H2,(H,15,20). The summed E-state index contributed by atoms with van der Waals surface area (Å²) in [5.74, 6) is 0.724. The first-order valence-corrected chi connectivity index (χ1v) is 7.11. The van der Waals surface area contributed by atoms with Crippen LogP contribution in [-0.4, -0.2) is 44.1 Å². The predicted molar refractivity (Wildman–Crippen MR) is 74.9 cm³/mol. The Kier molecular flexibility index (Phi) is 3.68. The van der Waals surface area contributed by atoms with Gasteiger partial charge in [-0.15, -0.1) is 5.10 Å². The van der Waals surface area contributed by atoms with Gasteiger partial charge in [0.1, 0.15) is 5.82 Å². The molecule has 0 bridgehead atoms. The highest BCUT2D eigenvalue weighted by molar-refractivity contribution is 5.45. The zero-order valence-electron chi connectivity index (χ0n) is 11.3. The molecule has 1 aliphatic rings. The van der Waals surface area contributed by atoms with Crippen LogP contribution in [0.4, 0.5) is 5.82 Å². The monoisotopic (exact) mass is 277 g/mol. The van der Waals surface area contributed by atoms with Crippen molar-refractivity contribution in [2.24, 2.45) is 0 Å². The lowest BCUT2D eigenvalue weighted by Gasteiger charge is -2.34. The van der Waals surface area contributed by atoms with Crippen LogP contribution in [-0.2, 0) is 0 Å². The number of aliphatic hydroxyl groups excluding tert-OH is 1. The van der Waals surface area contributed by atoms with E-state index in [1.807, 2.05) is 6.07 Å². The normalized spacial score (nSPS) is 16.6. The first-order valence-electron chi connectivity index (χ1n) is 7.11. The number of hydrogen-bond acceptors (Lipinski definition) is 5. The molecule has 7 nitrogen and oxygen atoms in total. The van der Waals surface area contributed by atoms with Crippen molar-refractivity contribution in [2.45, 2.75) is 38.1 Å². The molecule has 0 saturated heterocycles. The minimum absolute atomic E-state index is 0.0799. The average molecular weight is 277 g/mol. The summed E-state index contributed by atoms with van der Waals surface area (Å²) >= 11 is 0. The summed E-state index contributed by atoms with van der Waals surface area (Å²) in [6.45, 7) is 0.617. The summed E-state index contributed by atoms with van der Waals surface area (Å²) in [6.07, 6.45) is 5.91. The number of hydrogen-bond donors (Lipinski definition) is 2.